The third kappa shape index (κ3) is 3.66. The van der Waals surface area contributed by atoms with Crippen LogP contribution < -0.4 is 4.74 Å². The smallest absolute Gasteiger partial charge is 0.428 e. The predicted molar refractivity (Wildman–Crippen MR) is 61.2 cm³/mol. The van der Waals surface area contributed by atoms with Gasteiger partial charge in [-0.1, -0.05) is 18.1 Å². The van der Waals surface area contributed by atoms with E-state index in [2.05, 4.69) is 5.92 Å². The van der Waals surface area contributed by atoms with Crippen LogP contribution in [0.3, 0.4) is 0 Å². The van der Waals surface area contributed by atoms with Crippen LogP contribution in [-0.2, 0) is 4.74 Å². The molecule has 3 heteroatoms. The minimum atomic E-state index is -0.781. The molecule has 0 spiro atoms. The molecule has 0 N–H and O–H groups in total. The molecule has 1 aromatic carbocycles. The number of ether oxygens (including phenoxy) is 2. The maximum Gasteiger partial charge on any atom is 0.514 e. The van der Waals surface area contributed by atoms with Crippen molar-refractivity contribution >= 4 is 6.16 Å². The van der Waals surface area contributed by atoms with Crippen LogP contribution in [0, 0.1) is 12.3 Å². The van der Waals surface area contributed by atoms with Gasteiger partial charge in [-0.2, -0.15) is 0 Å². The van der Waals surface area contributed by atoms with E-state index in [0.29, 0.717) is 11.3 Å². The highest BCUT2D eigenvalue weighted by molar-refractivity contribution is 5.66. The second-order valence-corrected chi connectivity index (χ2v) is 4.19. The highest BCUT2D eigenvalue weighted by Crippen LogP contribution is 2.18. The molecule has 0 aliphatic carbocycles. The van der Waals surface area contributed by atoms with Crippen molar-refractivity contribution in [2.24, 2.45) is 0 Å². The summed E-state index contributed by atoms with van der Waals surface area (Å²) in [5, 5.41) is 0. The number of terminal acetylenes is 1. The summed E-state index contributed by atoms with van der Waals surface area (Å²) in [6, 6.07) is 6.74. The minimum absolute atomic E-state index is 0.293. The zero-order valence-electron chi connectivity index (χ0n) is 10.5. The first-order valence-corrected chi connectivity index (χ1v) is 4.85. The van der Waals surface area contributed by atoms with Crippen LogP contribution in [0.15, 0.2) is 24.3 Å². The zero-order chi connectivity index (χ0) is 12.9. The number of carbonyl (C=O) groups excluding carboxylic acids is 1. The number of carbonyl (C=O) groups is 1. The van der Waals surface area contributed by atoms with Crippen LogP contribution in [0.25, 0.3) is 0 Å². The van der Waals surface area contributed by atoms with Gasteiger partial charge in [-0.05, 0) is 32.9 Å². The Bertz CT molecular complexity index is 464. The molecule has 0 bridgehead atoms. The first-order chi connectivity index (χ1) is 7.92. The molecule has 3 nitrogen and oxygen atoms in total. The van der Waals surface area contributed by atoms with Crippen molar-refractivity contribution in [3.8, 4) is 18.1 Å². The lowest BCUT2D eigenvalue weighted by atomic mass is 10.2. The molecule has 0 atom stereocenters. The van der Waals surface area contributed by atoms with E-state index in [1.54, 1.807) is 45.0 Å². The summed E-state index contributed by atoms with van der Waals surface area (Å²) in [6.45, 7) is 5.26. The topological polar surface area (TPSA) is 35.5 Å². The third-order valence-corrected chi connectivity index (χ3v) is 1.60. The molecule has 0 aliphatic heterocycles. The number of para-hydroxylation sites is 1. The highest BCUT2D eigenvalue weighted by Gasteiger charge is 2.18. The summed E-state index contributed by atoms with van der Waals surface area (Å²) in [7, 11) is 0. The molecule has 0 saturated carbocycles. The van der Waals surface area contributed by atoms with E-state index in [-0.39, 0.29) is 0 Å². The van der Waals surface area contributed by atoms with E-state index in [0.717, 1.165) is 0 Å². The molecule has 0 radical (unpaired) electrons. The third-order valence-electron chi connectivity index (χ3n) is 1.60. The second kappa shape index (κ2) is 4.71. The van der Waals surface area contributed by atoms with E-state index in [9.17, 15) is 4.79 Å². The van der Waals surface area contributed by atoms with Crippen LogP contribution in [0.4, 0.5) is 4.79 Å². The Morgan fingerprint density at radius 1 is 1.44 bits per heavy atom. The first kappa shape index (κ1) is 10.6. The molecule has 16 heavy (non-hydrogen) atoms. The normalized spacial score (nSPS) is 10.8. The maximum atomic E-state index is 11.4. The van der Waals surface area contributed by atoms with Crippen molar-refractivity contribution in [2.75, 3.05) is 0 Å². The molecule has 0 fully saturated rings. The number of benzene rings is 1. The molecule has 0 heterocycles. The lowest BCUT2D eigenvalue weighted by molar-refractivity contribution is 0.0205. The van der Waals surface area contributed by atoms with Gasteiger partial charge in [0, 0.05) is 0 Å². The lowest BCUT2D eigenvalue weighted by Gasteiger charge is -2.18. The number of rotatable bonds is 1. The van der Waals surface area contributed by atoms with Crippen LogP contribution in [-0.4, -0.2) is 11.8 Å². The fourth-order valence-corrected chi connectivity index (χ4v) is 1.02. The molecule has 84 valence electrons. The van der Waals surface area contributed by atoms with E-state index in [4.69, 9.17) is 10.8 Å². The number of hydrogen-bond acceptors (Lipinski definition) is 3. The summed E-state index contributed by atoms with van der Waals surface area (Å²) in [4.78, 5) is 11.4. The van der Waals surface area contributed by atoms with Crippen molar-refractivity contribution < 1.29 is 15.6 Å². The van der Waals surface area contributed by atoms with Gasteiger partial charge in [0.25, 0.3) is 0 Å². The molecular weight excluding hydrogens is 204 g/mol. The van der Waals surface area contributed by atoms with E-state index >= 15 is 0 Å². The van der Waals surface area contributed by atoms with Crippen molar-refractivity contribution in [3.63, 3.8) is 0 Å². The Balaban J connectivity index is 2.80. The van der Waals surface area contributed by atoms with Gasteiger partial charge in [0.2, 0.25) is 0 Å². The molecule has 0 unspecified atom stereocenters. The van der Waals surface area contributed by atoms with Crippen molar-refractivity contribution in [2.45, 2.75) is 26.4 Å². The molecular formula is C13H14O3. The Morgan fingerprint density at radius 2 is 2.12 bits per heavy atom. The van der Waals surface area contributed by atoms with E-state index in [1.165, 1.54) is 0 Å². The second-order valence-electron chi connectivity index (χ2n) is 4.19. The van der Waals surface area contributed by atoms with Crippen LogP contribution in [0.5, 0.6) is 5.75 Å². The molecule has 0 aromatic heterocycles. The van der Waals surface area contributed by atoms with Gasteiger partial charge in [-0.15, -0.1) is 6.40 Å². The van der Waals surface area contributed by atoms with Gasteiger partial charge >= 0.3 is 6.16 Å². The van der Waals surface area contributed by atoms with Crippen LogP contribution >= 0.6 is 0 Å². The van der Waals surface area contributed by atoms with Gasteiger partial charge in [-0.3, -0.25) is 0 Å². The first-order valence-electron chi connectivity index (χ1n) is 5.35. The fourth-order valence-electron chi connectivity index (χ4n) is 1.02. The quantitative estimate of drug-likeness (QED) is 0.414. The summed E-state index contributed by atoms with van der Waals surface area (Å²) >= 11 is 0. The Kier molecular flexibility index (Phi) is 3.11. The SMILES string of the molecule is [3H]C#Cc1ccccc1OC(=O)OC(C)(C)C. The lowest BCUT2D eigenvalue weighted by Crippen LogP contribution is -2.26. The van der Waals surface area contributed by atoms with Crippen molar-refractivity contribution in [1.29, 1.82) is 0 Å². The minimum Gasteiger partial charge on any atom is -0.428 e. The summed E-state index contributed by atoms with van der Waals surface area (Å²) < 4.78 is 16.9. The zero-order valence-corrected chi connectivity index (χ0v) is 9.53. The van der Waals surface area contributed by atoms with Crippen LogP contribution in [0.2, 0.25) is 0 Å². The molecule has 0 saturated heterocycles. The van der Waals surface area contributed by atoms with Crippen molar-refractivity contribution in [1.82, 2.24) is 0 Å². The summed E-state index contributed by atoms with van der Waals surface area (Å²) in [5.41, 5.74) is -0.124. The van der Waals surface area contributed by atoms with Gasteiger partial charge in [0.05, 0.1) is 5.56 Å². The van der Waals surface area contributed by atoms with Gasteiger partial charge < -0.3 is 9.47 Å². The Morgan fingerprint density at radius 3 is 2.75 bits per heavy atom. The molecule has 0 aliphatic rings. The van der Waals surface area contributed by atoms with Crippen molar-refractivity contribution in [3.05, 3.63) is 29.8 Å². The summed E-state index contributed by atoms with van der Waals surface area (Å²) in [6.07, 6.45) is 1.23. The molecule has 1 rings (SSSR count). The average Bonchev–Trinajstić information content (AvgIpc) is 2.18. The average molecular weight is 220 g/mol. The van der Waals surface area contributed by atoms with Crippen LogP contribution in [0.1, 0.15) is 27.7 Å². The van der Waals surface area contributed by atoms with E-state index < -0.39 is 11.8 Å². The predicted octanol–water partition coefficient (Wildman–Crippen LogP) is 2.98. The van der Waals surface area contributed by atoms with Gasteiger partial charge in [0.1, 0.15) is 12.7 Å². The maximum absolute atomic E-state index is 11.4. The van der Waals surface area contributed by atoms with Gasteiger partial charge in [-0.25, -0.2) is 4.79 Å². The van der Waals surface area contributed by atoms with Gasteiger partial charge in [0.15, 0.2) is 0 Å². The fraction of sp³-hybridized carbons (Fsp3) is 0.308. The number of hydrogen-bond donors (Lipinski definition) is 0. The largest absolute Gasteiger partial charge is 0.514 e. The Hall–Kier alpha value is -1.95. The molecule has 0 amide bonds. The highest BCUT2D eigenvalue weighted by atomic mass is 16.7. The standard InChI is InChI=1S/C13H14O3/c1-5-10-8-6-7-9-11(10)15-12(14)16-13(2,3)4/h1,6-9H,2-4H3/i1T. The van der Waals surface area contributed by atoms with E-state index in [1.807, 2.05) is 6.40 Å². The Labute approximate surface area is 96.8 Å². The monoisotopic (exact) mass is 220 g/mol. The summed E-state index contributed by atoms with van der Waals surface area (Å²) in [5.74, 6) is 2.82. The molecule has 1 aromatic rings.